The first-order chi connectivity index (χ1) is 16.4. The van der Waals surface area contributed by atoms with E-state index in [0.29, 0.717) is 47.5 Å². The Kier molecular flexibility index (Phi) is 6.02. The van der Waals surface area contributed by atoms with E-state index in [9.17, 15) is 9.18 Å². The smallest absolute Gasteiger partial charge is 0.251 e. The van der Waals surface area contributed by atoms with Crippen LogP contribution in [-0.4, -0.2) is 21.6 Å². The van der Waals surface area contributed by atoms with Crippen molar-refractivity contribution in [3.63, 3.8) is 0 Å². The number of rotatable bonds is 9. The molecule has 2 aliphatic rings. The van der Waals surface area contributed by atoms with Gasteiger partial charge < -0.3 is 19.2 Å². The van der Waals surface area contributed by atoms with Crippen molar-refractivity contribution < 1.29 is 13.9 Å². The fourth-order valence-corrected chi connectivity index (χ4v) is 4.30. The maximum Gasteiger partial charge on any atom is 0.251 e. The molecule has 1 heterocycles. The molecule has 0 spiro atoms. The normalized spacial score (nSPS) is 16.3. The lowest BCUT2D eigenvalue weighted by Crippen LogP contribution is -2.30. The van der Waals surface area contributed by atoms with Crippen LogP contribution in [-0.2, 0) is 13.6 Å². The summed E-state index contributed by atoms with van der Waals surface area (Å²) in [6.07, 6.45) is 8.18. The van der Waals surface area contributed by atoms with Crippen LogP contribution in [0, 0.1) is 30.0 Å². The summed E-state index contributed by atoms with van der Waals surface area (Å²) in [5, 5.41) is 11.4. The van der Waals surface area contributed by atoms with Crippen LogP contribution >= 0.6 is 0 Å². The molecule has 0 bridgehead atoms. The van der Waals surface area contributed by atoms with E-state index in [-0.39, 0.29) is 17.8 Å². The van der Waals surface area contributed by atoms with Crippen LogP contribution in [0.1, 0.15) is 58.8 Å². The minimum absolute atomic E-state index is 0.144. The number of aromatic nitrogens is 2. The van der Waals surface area contributed by atoms with Gasteiger partial charge in [-0.2, -0.15) is 0 Å². The van der Waals surface area contributed by atoms with Crippen LogP contribution in [0.5, 0.6) is 5.75 Å². The maximum absolute atomic E-state index is 13.8. The van der Waals surface area contributed by atoms with Gasteiger partial charge >= 0.3 is 0 Å². The molecule has 0 aliphatic heterocycles. The molecule has 178 valence electrons. The largest absolute Gasteiger partial charge is 0.493 e. The number of halogens is 1. The van der Waals surface area contributed by atoms with Crippen molar-refractivity contribution in [2.75, 3.05) is 6.61 Å². The summed E-state index contributed by atoms with van der Waals surface area (Å²) in [5.74, 6) is 1.25. The average Bonchev–Trinajstić information content (AvgIpc) is 3.74. The zero-order valence-corrected chi connectivity index (χ0v) is 19.7. The van der Waals surface area contributed by atoms with Crippen molar-refractivity contribution in [1.29, 1.82) is 5.41 Å². The van der Waals surface area contributed by atoms with E-state index in [0.717, 1.165) is 24.0 Å². The number of carbonyl (C=O) groups excluding carboxylic acids is 1. The Morgan fingerprint density at radius 2 is 1.97 bits per heavy atom. The summed E-state index contributed by atoms with van der Waals surface area (Å²) in [5.41, 5.74) is 3.35. The van der Waals surface area contributed by atoms with Crippen LogP contribution in [0.4, 0.5) is 4.39 Å². The number of hydrogen-bond donors (Lipinski definition) is 2. The van der Waals surface area contributed by atoms with Gasteiger partial charge in [-0.3, -0.25) is 10.2 Å². The van der Waals surface area contributed by atoms with E-state index in [1.807, 2.05) is 42.2 Å². The van der Waals surface area contributed by atoms with E-state index in [2.05, 4.69) is 5.32 Å². The number of aryl methyl sites for hydroxylation is 2. The molecule has 1 atom stereocenters. The second kappa shape index (κ2) is 9.12. The fourth-order valence-electron chi connectivity index (χ4n) is 4.30. The summed E-state index contributed by atoms with van der Waals surface area (Å²) in [4.78, 5) is 13.4. The molecule has 7 heteroatoms. The van der Waals surface area contributed by atoms with Gasteiger partial charge in [-0.15, -0.1) is 0 Å². The Hall–Kier alpha value is -3.35. The van der Waals surface area contributed by atoms with Crippen molar-refractivity contribution >= 4 is 5.91 Å². The Labute approximate surface area is 198 Å². The summed E-state index contributed by atoms with van der Waals surface area (Å²) < 4.78 is 23.4. The molecule has 34 heavy (non-hydrogen) atoms. The Morgan fingerprint density at radius 3 is 2.62 bits per heavy atom. The first kappa shape index (κ1) is 22.4. The number of hydrogen-bond acceptors (Lipinski definition) is 3. The SMILES string of the molecule is Cc1cc([C@@H](NC(=O)c2cc(Cn3ccn(C)c3=N)cc(OCC3CC3)c2)C2CC2)ccc1F. The molecule has 0 unspecified atom stereocenters. The highest BCUT2D eigenvalue weighted by molar-refractivity contribution is 5.95. The number of nitrogens with one attached hydrogen (secondary N) is 2. The van der Waals surface area contributed by atoms with Crippen LogP contribution < -0.4 is 15.7 Å². The van der Waals surface area contributed by atoms with E-state index < -0.39 is 0 Å². The second-order valence-electron chi connectivity index (χ2n) is 9.78. The molecule has 1 aromatic heterocycles. The van der Waals surface area contributed by atoms with E-state index in [1.54, 1.807) is 23.6 Å². The van der Waals surface area contributed by atoms with Gasteiger partial charge in [-0.1, -0.05) is 12.1 Å². The highest BCUT2D eigenvalue weighted by Gasteiger charge is 2.34. The average molecular weight is 463 g/mol. The third kappa shape index (κ3) is 5.08. The minimum Gasteiger partial charge on any atom is -0.493 e. The van der Waals surface area contributed by atoms with Crippen molar-refractivity contribution in [3.05, 3.63) is 82.5 Å². The predicted molar refractivity (Wildman–Crippen MR) is 127 cm³/mol. The summed E-state index contributed by atoms with van der Waals surface area (Å²) in [7, 11) is 1.84. The number of ether oxygens (including phenoxy) is 1. The quantitative estimate of drug-likeness (QED) is 0.492. The Balaban J connectivity index is 1.41. The topological polar surface area (TPSA) is 72.0 Å². The molecule has 2 aromatic carbocycles. The highest BCUT2D eigenvalue weighted by Crippen LogP contribution is 2.41. The van der Waals surface area contributed by atoms with Crippen molar-refractivity contribution in [3.8, 4) is 5.75 Å². The van der Waals surface area contributed by atoms with Gasteiger partial charge in [-0.25, -0.2) is 4.39 Å². The summed E-state index contributed by atoms with van der Waals surface area (Å²) in [6.45, 7) is 2.88. The molecule has 1 amide bonds. The van der Waals surface area contributed by atoms with Crippen molar-refractivity contribution in [1.82, 2.24) is 14.5 Å². The molecular weight excluding hydrogens is 431 g/mol. The zero-order valence-electron chi connectivity index (χ0n) is 19.7. The number of imidazole rings is 1. The summed E-state index contributed by atoms with van der Waals surface area (Å²) in [6, 6.07) is 10.6. The van der Waals surface area contributed by atoms with Gasteiger partial charge in [0, 0.05) is 25.0 Å². The molecule has 2 N–H and O–H groups in total. The molecule has 3 aromatic rings. The van der Waals surface area contributed by atoms with E-state index in [4.69, 9.17) is 10.1 Å². The molecule has 6 nitrogen and oxygen atoms in total. The van der Waals surface area contributed by atoms with Gasteiger partial charge in [0.2, 0.25) is 5.62 Å². The molecule has 2 fully saturated rings. The molecule has 0 radical (unpaired) electrons. The van der Waals surface area contributed by atoms with Crippen LogP contribution in [0.25, 0.3) is 0 Å². The lowest BCUT2D eigenvalue weighted by atomic mass is 9.99. The highest BCUT2D eigenvalue weighted by atomic mass is 19.1. The Bertz CT molecular complexity index is 1270. The van der Waals surface area contributed by atoms with Crippen LogP contribution in [0.15, 0.2) is 48.8 Å². The molecular formula is C27H31FN4O2. The first-order valence-corrected chi connectivity index (χ1v) is 12.0. The summed E-state index contributed by atoms with van der Waals surface area (Å²) >= 11 is 0. The standard InChI is InChI=1S/C27H31FN4O2/c1-17-11-21(7-8-24(17)28)25(20-5-6-20)30-26(33)22-12-19(15-32-10-9-31(2)27(32)29)13-23(14-22)34-16-18-3-4-18/h7-14,18,20,25,29H,3-6,15-16H2,1-2H3,(H,30,33)/t25-/m0/s1. The van der Waals surface area contributed by atoms with Gasteiger partial charge in [0.1, 0.15) is 11.6 Å². The zero-order chi connectivity index (χ0) is 23.8. The molecule has 2 saturated carbocycles. The molecule has 2 aliphatic carbocycles. The van der Waals surface area contributed by atoms with E-state index in [1.165, 1.54) is 18.9 Å². The third-order valence-electron chi connectivity index (χ3n) is 6.76. The predicted octanol–water partition coefficient (Wildman–Crippen LogP) is 4.47. The number of amides is 1. The number of benzene rings is 2. The van der Waals surface area contributed by atoms with Crippen molar-refractivity contribution in [2.45, 2.75) is 45.2 Å². The molecule has 0 saturated heterocycles. The maximum atomic E-state index is 13.8. The van der Waals surface area contributed by atoms with E-state index >= 15 is 0 Å². The van der Waals surface area contributed by atoms with Gasteiger partial charge in [0.05, 0.1) is 19.2 Å². The minimum atomic E-state index is -0.234. The monoisotopic (exact) mass is 462 g/mol. The second-order valence-corrected chi connectivity index (χ2v) is 9.78. The fraction of sp³-hybridized carbons (Fsp3) is 0.407. The third-order valence-corrected chi connectivity index (χ3v) is 6.76. The van der Waals surface area contributed by atoms with Crippen LogP contribution in [0.3, 0.4) is 0 Å². The van der Waals surface area contributed by atoms with Crippen molar-refractivity contribution in [2.24, 2.45) is 18.9 Å². The van der Waals surface area contributed by atoms with Crippen LogP contribution in [0.2, 0.25) is 0 Å². The van der Waals surface area contributed by atoms with Gasteiger partial charge in [0.15, 0.2) is 0 Å². The first-order valence-electron chi connectivity index (χ1n) is 12.0. The van der Waals surface area contributed by atoms with Gasteiger partial charge in [-0.05, 0) is 85.4 Å². The molecule has 5 rings (SSSR count). The number of carbonyl (C=O) groups is 1. The lowest BCUT2D eigenvalue weighted by Gasteiger charge is -2.20. The number of nitrogens with zero attached hydrogens (tertiary/aromatic N) is 2. The van der Waals surface area contributed by atoms with Gasteiger partial charge in [0.25, 0.3) is 5.91 Å². The lowest BCUT2D eigenvalue weighted by molar-refractivity contribution is 0.0931. The Morgan fingerprint density at radius 1 is 1.18 bits per heavy atom.